The monoisotopic (exact) mass is 215 g/mol. The van der Waals surface area contributed by atoms with E-state index in [9.17, 15) is 9.18 Å². The molecular weight excluding hydrogens is 205 g/mol. The van der Waals surface area contributed by atoms with Gasteiger partial charge in [-0.05, 0) is 6.07 Å². The van der Waals surface area contributed by atoms with Gasteiger partial charge in [0.2, 0.25) is 5.82 Å². The van der Waals surface area contributed by atoms with E-state index in [1.54, 1.807) is 0 Å². The lowest BCUT2D eigenvalue weighted by molar-refractivity contribution is 0.0596. The predicted molar refractivity (Wildman–Crippen MR) is 50.4 cm³/mol. The van der Waals surface area contributed by atoms with E-state index in [0.717, 1.165) is 13.2 Å². The van der Waals surface area contributed by atoms with Crippen LogP contribution in [0.4, 0.5) is 10.1 Å². The highest BCUT2D eigenvalue weighted by molar-refractivity contribution is 5.94. The van der Waals surface area contributed by atoms with Crippen LogP contribution in [0.2, 0.25) is 0 Å². The molecule has 6 heteroatoms. The molecular formula is C9H10FNO4. The number of nitrogens with two attached hydrogens (primary N) is 1. The Hall–Kier alpha value is -1.98. The minimum atomic E-state index is -1.09. The third-order valence-corrected chi connectivity index (χ3v) is 1.83. The second-order valence-electron chi connectivity index (χ2n) is 2.70. The molecule has 15 heavy (non-hydrogen) atoms. The Morgan fingerprint density at radius 2 is 2.13 bits per heavy atom. The van der Waals surface area contributed by atoms with Crippen LogP contribution in [0.1, 0.15) is 10.4 Å². The van der Waals surface area contributed by atoms with Crippen molar-refractivity contribution in [3.8, 4) is 11.5 Å². The van der Waals surface area contributed by atoms with E-state index in [2.05, 4.69) is 9.47 Å². The first-order valence-corrected chi connectivity index (χ1v) is 3.96. The summed E-state index contributed by atoms with van der Waals surface area (Å²) >= 11 is 0. The first-order chi connectivity index (χ1) is 7.02. The molecule has 0 heterocycles. The molecule has 0 unspecified atom stereocenters. The topological polar surface area (TPSA) is 81.8 Å². The standard InChI is InChI=1S/C9H10FNO4/c1-14-8-4(9(13)15-2)3-5(11)7(12)6(8)10/h3,12H,11H2,1-2H3. The van der Waals surface area contributed by atoms with Crippen LogP contribution < -0.4 is 10.5 Å². The Labute approximate surface area is 85.2 Å². The van der Waals surface area contributed by atoms with Crippen molar-refractivity contribution in [3.05, 3.63) is 17.4 Å². The lowest BCUT2D eigenvalue weighted by Crippen LogP contribution is -2.07. The molecule has 0 aliphatic carbocycles. The molecule has 82 valence electrons. The highest BCUT2D eigenvalue weighted by atomic mass is 19.1. The summed E-state index contributed by atoms with van der Waals surface area (Å²) in [5.74, 6) is -3.02. The molecule has 1 aromatic carbocycles. The van der Waals surface area contributed by atoms with Crippen molar-refractivity contribution in [2.24, 2.45) is 0 Å². The Balaban J connectivity index is 3.45. The van der Waals surface area contributed by atoms with Crippen molar-refractivity contribution in [2.45, 2.75) is 0 Å². The number of phenolic OH excluding ortho intramolecular Hbond substituents is 1. The number of aromatic hydroxyl groups is 1. The van der Waals surface area contributed by atoms with Gasteiger partial charge in [0, 0.05) is 0 Å². The largest absolute Gasteiger partial charge is 0.503 e. The van der Waals surface area contributed by atoms with Gasteiger partial charge in [-0.2, -0.15) is 4.39 Å². The van der Waals surface area contributed by atoms with Gasteiger partial charge in [-0.1, -0.05) is 0 Å². The average Bonchev–Trinajstić information content (AvgIpc) is 2.24. The van der Waals surface area contributed by atoms with Gasteiger partial charge in [-0.3, -0.25) is 0 Å². The molecule has 0 saturated carbocycles. The lowest BCUT2D eigenvalue weighted by Gasteiger charge is -2.10. The zero-order valence-corrected chi connectivity index (χ0v) is 8.20. The van der Waals surface area contributed by atoms with Crippen molar-refractivity contribution in [1.29, 1.82) is 0 Å². The molecule has 0 radical (unpaired) electrons. The molecule has 0 aliphatic rings. The van der Waals surface area contributed by atoms with Gasteiger partial charge in [0.05, 0.1) is 19.9 Å². The van der Waals surface area contributed by atoms with Crippen LogP contribution in [-0.4, -0.2) is 25.3 Å². The summed E-state index contributed by atoms with van der Waals surface area (Å²) in [4.78, 5) is 11.2. The average molecular weight is 215 g/mol. The Bertz CT molecular complexity index is 406. The molecule has 0 atom stereocenters. The summed E-state index contributed by atoms with van der Waals surface area (Å²) in [5, 5.41) is 9.17. The molecule has 1 rings (SSSR count). The smallest absolute Gasteiger partial charge is 0.341 e. The highest BCUT2D eigenvalue weighted by Gasteiger charge is 2.22. The third-order valence-electron chi connectivity index (χ3n) is 1.83. The van der Waals surface area contributed by atoms with E-state index in [0.29, 0.717) is 0 Å². The van der Waals surface area contributed by atoms with Crippen LogP contribution in [0.3, 0.4) is 0 Å². The third kappa shape index (κ3) is 1.78. The van der Waals surface area contributed by atoms with Crippen molar-refractivity contribution in [3.63, 3.8) is 0 Å². The Morgan fingerprint density at radius 3 is 2.60 bits per heavy atom. The quantitative estimate of drug-likeness (QED) is 0.435. The van der Waals surface area contributed by atoms with Crippen LogP contribution >= 0.6 is 0 Å². The predicted octanol–water partition coefficient (Wildman–Crippen LogP) is 0.909. The number of methoxy groups -OCH3 is 2. The van der Waals surface area contributed by atoms with Gasteiger partial charge >= 0.3 is 5.97 Å². The summed E-state index contributed by atoms with van der Waals surface area (Å²) in [7, 11) is 2.31. The number of rotatable bonds is 2. The number of phenols is 1. The fraction of sp³-hybridized carbons (Fsp3) is 0.222. The van der Waals surface area contributed by atoms with E-state index < -0.39 is 23.3 Å². The number of hydrogen-bond acceptors (Lipinski definition) is 5. The maximum Gasteiger partial charge on any atom is 0.341 e. The van der Waals surface area contributed by atoms with Crippen LogP contribution in [-0.2, 0) is 4.74 Å². The van der Waals surface area contributed by atoms with Crippen LogP contribution in [0.5, 0.6) is 11.5 Å². The van der Waals surface area contributed by atoms with Gasteiger partial charge in [-0.15, -0.1) is 0 Å². The van der Waals surface area contributed by atoms with Crippen molar-refractivity contribution >= 4 is 11.7 Å². The minimum absolute atomic E-state index is 0.173. The number of esters is 1. The van der Waals surface area contributed by atoms with Crippen LogP contribution in [0.15, 0.2) is 6.07 Å². The minimum Gasteiger partial charge on any atom is -0.503 e. The Kier molecular flexibility index (Phi) is 2.99. The zero-order valence-electron chi connectivity index (χ0n) is 8.20. The number of benzene rings is 1. The maximum absolute atomic E-state index is 13.4. The fourth-order valence-electron chi connectivity index (χ4n) is 1.10. The summed E-state index contributed by atoms with van der Waals surface area (Å²) < 4.78 is 22.4. The second-order valence-corrected chi connectivity index (χ2v) is 2.70. The van der Waals surface area contributed by atoms with E-state index in [-0.39, 0.29) is 11.3 Å². The van der Waals surface area contributed by atoms with E-state index in [1.807, 2.05) is 0 Å². The number of anilines is 1. The zero-order chi connectivity index (χ0) is 11.6. The van der Waals surface area contributed by atoms with E-state index >= 15 is 0 Å². The second kappa shape index (κ2) is 4.04. The molecule has 0 fully saturated rings. The SMILES string of the molecule is COC(=O)c1cc(N)c(O)c(F)c1OC. The Morgan fingerprint density at radius 1 is 1.53 bits per heavy atom. The fourth-order valence-corrected chi connectivity index (χ4v) is 1.10. The van der Waals surface area contributed by atoms with Gasteiger partial charge < -0.3 is 20.3 Å². The summed E-state index contributed by atoms with van der Waals surface area (Å²) in [6.07, 6.45) is 0. The molecule has 1 aromatic rings. The number of nitrogen functional groups attached to an aromatic ring is 1. The molecule has 0 amide bonds. The number of carbonyl (C=O) groups is 1. The summed E-state index contributed by atoms with van der Waals surface area (Å²) in [5.41, 5.74) is 4.86. The number of ether oxygens (including phenoxy) is 2. The van der Waals surface area contributed by atoms with E-state index in [1.165, 1.54) is 7.11 Å². The highest BCUT2D eigenvalue weighted by Crippen LogP contribution is 2.35. The number of carbonyl (C=O) groups excluding carboxylic acids is 1. The molecule has 0 aromatic heterocycles. The molecule has 0 spiro atoms. The number of halogens is 1. The van der Waals surface area contributed by atoms with Crippen molar-refractivity contribution < 1.29 is 23.8 Å². The first kappa shape index (κ1) is 11.1. The maximum atomic E-state index is 13.4. The van der Waals surface area contributed by atoms with Gasteiger partial charge in [0.15, 0.2) is 11.5 Å². The van der Waals surface area contributed by atoms with Gasteiger partial charge in [0.25, 0.3) is 0 Å². The van der Waals surface area contributed by atoms with Crippen molar-refractivity contribution in [1.82, 2.24) is 0 Å². The van der Waals surface area contributed by atoms with Crippen LogP contribution in [0.25, 0.3) is 0 Å². The molecule has 0 aliphatic heterocycles. The molecule has 5 nitrogen and oxygen atoms in total. The first-order valence-electron chi connectivity index (χ1n) is 3.96. The summed E-state index contributed by atoms with van der Waals surface area (Å²) in [6, 6.07) is 1.09. The molecule has 3 N–H and O–H groups in total. The molecule has 0 bridgehead atoms. The van der Waals surface area contributed by atoms with Crippen LogP contribution in [0, 0.1) is 5.82 Å². The normalized spacial score (nSPS) is 9.80. The van der Waals surface area contributed by atoms with Gasteiger partial charge in [0.1, 0.15) is 5.56 Å². The van der Waals surface area contributed by atoms with Gasteiger partial charge in [-0.25, -0.2) is 4.79 Å². The van der Waals surface area contributed by atoms with Crippen molar-refractivity contribution in [2.75, 3.05) is 20.0 Å². The van der Waals surface area contributed by atoms with E-state index in [4.69, 9.17) is 10.8 Å². The lowest BCUT2D eigenvalue weighted by atomic mass is 10.1. The summed E-state index contributed by atoms with van der Waals surface area (Å²) in [6.45, 7) is 0. The molecule has 0 saturated heterocycles. The number of hydrogen-bond donors (Lipinski definition) is 2.